The van der Waals surface area contributed by atoms with Crippen LogP contribution in [-0.4, -0.2) is 43.8 Å². The molecule has 1 fully saturated rings. The van der Waals surface area contributed by atoms with Crippen LogP contribution < -0.4 is 10.6 Å². The number of sulfone groups is 1. The van der Waals surface area contributed by atoms with Crippen molar-refractivity contribution in [1.82, 2.24) is 10.6 Å². The van der Waals surface area contributed by atoms with Gasteiger partial charge < -0.3 is 10.6 Å². The van der Waals surface area contributed by atoms with Gasteiger partial charge in [-0.3, -0.25) is 9.59 Å². The first-order valence-corrected chi connectivity index (χ1v) is 8.95. The minimum Gasteiger partial charge on any atom is -0.348 e. The number of hydrogen-bond donors (Lipinski definition) is 2. The fraction of sp³-hybridized carbons (Fsp3) is 0.429. The summed E-state index contributed by atoms with van der Waals surface area (Å²) in [6, 6.07) is 6.51. The standard InChI is InChI=1S/C14H17ClN2O4S/c1-14(6-7-22(20,21)9-14)17-12(18)8-16-13(19)10-4-2-3-5-11(10)15/h2-5H,6-9H2,1H3,(H,16,19)(H,17,18). The van der Waals surface area contributed by atoms with Crippen molar-refractivity contribution in [1.29, 1.82) is 0 Å². The van der Waals surface area contributed by atoms with Gasteiger partial charge in [-0.25, -0.2) is 8.42 Å². The Bertz CT molecular complexity index is 705. The molecule has 0 saturated carbocycles. The molecule has 2 amide bonds. The summed E-state index contributed by atoms with van der Waals surface area (Å²) in [4.78, 5) is 23.8. The Morgan fingerprint density at radius 1 is 1.32 bits per heavy atom. The molecule has 22 heavy (non-hydrogen) atoms. The van der Waals surface area contributed by atoms with E-state index in [4.69, 9.17) is 11.6 Å². The Kier molecular flexibility index (Phi) is 4.77. The topological polar surface area (TPSA) is 92.3 Å². The summed E-state index contributed by atoms with van der Waals surface area (Å²) in [6.07, 6.45) is 0.375. The summed E-state index contributed by atoms with van der Waals surface area (Å²) < 4.78 is 23.0. The second kappa shape index (κ2) is 6.26. The minimum absolute atomic E-state index is 0.0652. The van der Waals surface area contributed by atoms with E-state index in [1.54, 1.807) is 31.2 Å². The van der Waals surface area contributed by atoms with Gasteiger partial charge in [-0.15, -0.1) is 0 Å². The smallest absolute Gasteiger partial charge is 0.253 e. The van der Waals surface area contributed by atoms with Crippen molar-refractivity contribution in [3.05, 3.63) is 34.9 Å². The van der Waals surface area contributed by atoms with Crippen molar-refractivity contribution >= 4 is 33.3 Å². The highest BCUT2D eigenvalue weighted by molar-refractivity contribution is 7.91. The monoisotopic (exact) mass is 344 g/mol. The predicted octanol–water partition coefficient (Wildman–Crippen LogP) is 0.763. The van der Waals surface area contributed by atoms with E-state index in [-0.39, 0.29) is 23.6 Å². The van der Waals surface area contributed by atoms with Gasteiger partial charge in [0.15, 0.2) is 9.84 Å². The van der Waals surface area contributed by atoms with Gasteiger partial charge >= 0.3 is 0 Å². The SMILES string of the molecule is CC1(NC(=O)CNC(=O)c2ccccc2Cl)CCS(=O)(=O)C1. The number of rotatable bonds is 4. The molecule has 0 radical (unpaired) electrons. The highest BCUT2D eigenvalue weighted by atomic mass is 35.5. The second-order valence-electron chi connectivity index (χ2n) is 5.61. The van der Waals surface area contributed by atoms with Crippen LogP contribution >= 0.6 is 11.6 Å². The molecule has 2 N–H and O–H groups in total. The van der Waals surface area contributed by atoms with E-state index in [0.717, 1.165) is 0 Å². The van der Waals surface area contributed by atoms with Gasteiger partial charge in [-0.2, -0.15) is 0 Å². The molecule has 2 rings (SSSR count). The van der Waals surface area contributed by atoms with Crippen molar-refractivity contribution in [2.75, 3.05) is 18.1 Å². The maximum absolute atomic E-state index is 11.9. The van der Waals surface area contributed by atoms with E-state index in [2.05, 4.69) is 10.6 Å². The molecule has 1 saturated heterocycles. The van der Waals surface area contributed by atoms with Gasteiger partial charge in [0.1, 0.15) is 0 Å². The average Bonchev–Trinajstić information content (AvgIpc) is 2.70. The molecular weight excluding hydrogens is 328 g/mol. The van der Waals surface area contributed by atoms with Gasteiger partial charge in [0, 0.05) is 0 Å². The number of carbonyl (C=O) groups is 2. The van der Waals surface area contributed by atoms with Gasteiger partial charge in [0.25, 0.3) is 5.91 Å². The Balaban J connectivity index is 1.89. The highest BCUT2D eigenvalue weighted by Gasteiger charge is 2.39. The van der Waals surface area contributed by atoms with Crippen molar-refractivity contribution in [3.8, 4) is 0 Å². The van der Waals surface area contributed by atoms with Crippen LogP contribution in [0.5, 0.6) is 0 Å². The van der Waals surface area contributed by atoms with E-state index in [0.29, 0.717) is 11.4 Å². The first-order chi connectivity index (χ1) is 10.2. The van der Waals surface area contributed by atoms with Gasteiger partial charge in [-0.05, 0) is 25.5 Å². The summed E-state index contributed by atoms with van der Waals surface area (Å²) >= 11 is 5.90. The largest absolute Gasteiger partial charge is 0.348 e. The van der Waals surface area contributed by atoms with E-state index >= 15 is 0 Å². The Morgan fingerprint density at radius 2 is 2.00 bits per heavy atom. The number of benzene rings is 1. The number of halogens is 1. The van der Waals surface area contributed by atoms with Gasteiger partial charge in [-0.1, -0.05) is 23.7 Å². The molecule has 1 aliphatic rings. The second-order valence-corrected chi connectivity index (χ2v) is 8.20. The fourth-order valence-electron chi connectivity index (χ4n) is 2.39. The summed E-state index contributed by atoms with van der Waals surface area (Å²) in [5, 5.41) is 5.43. The van der Waals surface area contributed by atoms with E-state index < -0.39 is 27.2 Å². The highest BCUT2D eigenvalue weighted by Crippen LogP contribution is 2.22. The molecule has 1 atom stereocenters. The molecule has 1 aliphatic heterocycles. The minimum atomic E-state index is -3.10. The Morgan fingerprint density at radius 3 is 2.59 bits per heavy atom. The third kappa shape index (κ3) is 4.20. The molecule has 8 heteroatoms. The normalized spacial score (nSPS) is 23.0. The molecule has 6 nitrogen and oxygen atoms in total. The summed E-state index contributed by atoms with van der Waals surface area (Å²) in [6.45, 7) is 1.45. The summed E-state index contributed by atoms with van der Waals surface area (Å²) in [5.74, 6) is -0.898. The third-order valence-electron chi connectivity index (χ3n) is 3.47. The van der Waals surface area contributed by atoms with Crippen LogP contribution in [0.25, 0.3) is 0 Å². The lowest BCUT2D eigenvalue weighted by molar-refractivity contribution is -0.121. The molecule has 0 bridgehead atoms. The average molecular weight is 345 g/mol. The first kappa shape index (κ1) is 16.8. The Labute approximate surface area is 134 Å². The zero-order chi connectivity index (χ0) is 16.4. The number of carbonyl (C=O) groups excluding carboxylic acids is 2. The summed E-state index contributed by atoms with van der Waals surface area (Å²) in [5.41, 5.74) is -0.489. The van der Waals surface area contributed by atoms with Gasteiger partial charge in [0.05, 0.1) is 34.2 Å². The first-order valence-electron chi connectivity index (χ1n) is 6.75. The third-order valence-corrected chi connectivity index (χ3v) is 5.71. The van der Waals surface area contributed by atoms with Crippen LogP contribution in [0, 0.1) is 0 Å². The molecule has 120 valence electrons. The lowest BCUT2D eigenvalue weighted by atomic mass is 10.0. The number of amides is 2. The van der Waals surface area contributed by atoms with Crippen LogP contribution in [0.4, 0.5) is 0 Å². The molecule has 1 unspecified atom stereocenters. The van der Waals surface area contributed by atoms with Crippen LogP contribution in [0.2, 0.25) is 5.02 Å². The van der Waals surface area contributed by atoms with E-state index in [1.165, 1.54) is 0 Å². The van der Waals surface area contributed by atoms with E-state index in [1.807, 2.05) is 0 Å². The van der Waals surface area contributed by atoms with Crippen molar-refractivity contribution in [2.45, 2.75) is 18.9 Å². The fourth-order valence-corrected chi connectivity index (χ4v) is 4.71. The van der Waals surface area contributed by atoms with Crippen LogP contribution in [0.3, 0.4) is 0 Å². The van der Waals surface area contributed by atoms with Gasteiger partial charge in [0.2, 0.25) is 5.91 Å². The number of hydrogen-bond acceptors (Lipinski definition) is 4. The van der Waals surface area contributed by atoms with Crippen LogP contribution in [-0.2, 0) is 14.6 Å². The lowest BCUT2D eigenvalue weighted by Gasteiger charge is -2.23. The quantitative estimate of drug-likeness (QED) is 0.843. The maximum atomic E-state index is 11.9. The molecule has 1 aromatic rings. The van der Waals surface area contributed by atoms with Crippen molar-refractivity contribution < 1.29 is 18.0 Å². The molecule has 1 heterocycles. The zero-order valence-corrected chi connectivity index (χ0v) is 13.6. The predicted molar refractivity (Wildman–Crippen MR) is 83.6 cm³/mol. The zero-order valence-electron chi connectivity index (χ0n) is 12.1. The molecule has 0 spiro atoms. The molecule has 1 aromatic carbocycles. The summed E-state index contributed by atoms with van der Waals surface area (Å²) in [7, 11) is -3.10. The molecular formula is C14H17ClN2O4S. The van der Waals surface area contributed by atoms with Crippen LogP contribution in [0.15, 0.2) is 24.3 Å². The number of nitrogens with one attached hydrogen (secondary N) is 2. The maximum Gasteiger partial charge on any atom is 0.253 e. The van der Waals surface area contributed by atoms with Crippen molar-refractivity contribution in [2.24, 2.45) is 0 Å². The molecule has 0 aliphatic carbocycles. The molecule has 0 aromatic heterocycles. The van der Waals surface area contributed by atoms with E-state index in [9.17, 15) is 18.0 Å². The lowest BCUT2D eigenvalue weighted by Crippen LogP contribution is -2.50. The van der Waals surface area contributed by atoms with Crippen LogP contribution in [0.1, 0.15) is 23.7 Å². The Hall–Kier alpha value is -1.60. The van der Waals surface area contributed by atoms with Crippen molar-refractivity contribution in [3.63, 3.8) is 0 Å².